The quantitative estimate of drug-likeness (QED) is 0.766. The van der Waals surface area contributed by atoms with Gasteiger partial charge in [0, 0.05) is 12.6 Å². The van der Waals surface area contributed by atoms with Crippen molar-refractivity contribution in [3.05, 3.63) is 11.8 Å². The molecule has 0 radical (unpaired) electrons. The molecule has 0 atom stereocenters. The Morgan fingerprint density at radius 1 is 1.67 bits per heavy atom. The summed E-state index contributed by atoms with van der Waals surface area (Å²) >= 11 is 0. The van der Waals surface area contributed by atoms with Crippen molar-refractivity contribution >= 4 is 5.97 Å². The maximum absolute atomic E-state index is 11.5. The number of esters is 1. The molecule has 0 aliphatic rings. The Balaban J connectivity index is 2.90. The average Bonchev–Trinajstić information content (AvgIpc) is 2.46. The summed E-state index contributed by atoms with van der Waals surface area (Å²) in [6.45, 7) is 6.64. The van der Waals surface area contributed by atoms with E-state index in [0.717, 1.165) is 0 Å². The zero-order valence-electron chi connectivity index (χ0n) is 9.23. The van der Waals surface area contributed by atoms with Gasteiger partial charge < -0.3 is 9.84 Å². The molecule has 1 N–H and O–H groups in total. The van der Waals surface area contributed by atoms with Crippen LogP contribution in [0.5, 0.6) is 5.88 Å². The van der Waals surface area contributed by atoms with Crippen LogP contribution in [0.25, 0.3) is 0 Å². The summed E-state index contributed by atoms with van der Waals surface area (Å²) in [7, 11) is 0. The van der Waals surface area contributed by atoms with Gasteiger partial charge in [-0.05, 0) is 12.8 Å². The van der Waals surface area contributed by atoms with Gasteiger partial charge in [-0.3, -0.25) is 4.68 Å². The molecule has 1 heterocycles. The number of rotatable bonds is 4. The molecule has 0 unspecified atom stereocenters. The second-order valence-electron chi connectivity index (χ2n) is 3.68. The molecule has 0 saturated heterocycles. The molecule has 1 rings (SSSR count). The predicted molar refractivity (Wildman–Crippen MR) is 54.7 cm³/mol. The first-order chi connectivity index (χ1) is 7.04. The number of aromatic hydroxyl groups is 1. The molecule has 5 heteroatoms. The summed E-state index contributed by atoms with van der Waals surface area (Å²) in [6.07, 6.45) is 0. The first-order valence-corrected chi connectivity index (χ1v) is 4.98. The van der Waals surface area contributed by atoms with E-state index in [1.165, 1.54) is 10.7 Å². The van der Waals surface area contributed by atoms with Crippen molar-refractivity contribution in [1.82, 2.24) is 9.78 Å². The lowest BCUT2D eigenvalue weighted by Gasteiger charge is -2.08. The maximum atomic E-state index is 11.5. The fourth-order valence-corrected chi connectivity index (χ4v) is 1.26. The number of ether oxygens (including phenoxy) is 1. The number of hydrogen-bond donors (Lipinski definition) is 1. The fourth-order valence-electron chi connectivity index (χ4n) is 1.26. The van der Waals surface area contributed by atoms with E-state index in [0.29, 0.717) is 24.8 Å². The molecule has 1 aromatic heterocycles. The number of carbonyl (C=O) groups is 1. The Morgan fingerprint density at radius 3 is 2.87 bits per heavy atom. The zero-order chi connectivity index (χ0) is 11.4. The average molecular weight is 212 g/mol. The number of hydrogen-bond acceptors (Lipinski definition) is 4. The summed E-state index contributed by atoms with van der Waals surface area (Å²) in [6, 6.07) is 1.32. The van der Waals surface area contributed by atoms with Crippen molar-refractivity contribution in [3.63, 3.8) is 0 Å². The Labute approximate surface area is 88.7 Å². The molecule has 0 aliphatic carbocycles. The van der Waals surface area contributed by atoms with Crippen molar-refractivity contribution in [3.8, 4) is 5.88 Å². The third-order valence-electron chi connectivity index (χ3n) is 1.79. The minimum absolute atomic E-state index is 0.154. The molecule has 15 heavy (non-hydrogen) atoms. The molecule has 0 aromatic carbocycles. The molecule has 1 aromatic rings. The van der Waals surface area contributed by atoms with Gasteiger partial charge in [0.2, 0.25) is 5.88 Å². The van der Waals surface area contributed by atoms with Gasteiger partial charge in [-0.15, -0.1) is 5.10 Å². The van der Waals surface area contributed by atoms with Gasteiger partial charge in [-0.25, -0.2) is 4.79 Å². The predicted octanol–water partition coefficient (Wildman–Crippen LogP) is 1.42. The molecule has 0 aliphatic heterocycles. The highest BCUT2D eigenvalue weighted by molar-refractivity contribution is 5.87. The number of aromatic nitrogens is 2. The van der Waals surface area contributed by atoms with Crippen LogP contribution in [-0.4, -0.2) is 27.5 Å². The molecule has 0 saturated carbocycles. The molecule has 5 nitrogen and oxygen atoms in total. The van der Waals surface area contributed by atoms with Crippen LogP contribution < -0.4 is 0 Å². The molecule has 0 fully saturated rings. The summed E-state index contributed by atoms with van der Waals surface area (Å²) in [5.41, 5.74) is 0.294. The highest BCUT2D eigenvalue weighted by atomic mass is 16.5. The van der Waals surface area contributed by atoms with E-state index in [1.54, 1.807) is 6.92 Å². The summed E-state index contributed by atoms with van der Waals surface area (Å²) in [4.78, 5) is 11.5. The third kappa shape index (κ3) is 2.97. The van der Waals surface area contributed by atoms with Crippen LogP contribution in [0.4, 0.5) is 0 Å². The van der Waals surface area contributed by atoms with Crippen molar-refractivity contribution in [2.75, 3.05) is 6.61 Å². The van der Waals surface area contributed by atoms with Gasteiger partial charge in [-0.2, -0.15) is 0 Å². The Kier molecular flexibility index (Phi) is 3.71. The van der Waals surface area contributed by atoms with E-state index in [-0.39, 0.29) is 5.88 Å². The molecular weight excluding hydrogens is 196 g/mol. The smallest absolute Gasteiger partial charge is 0.356 e. The van der Waals surface area contributed by atoms with Crippen LogP contribution in [0.2, 0.25) is 0 Å². The van der Waals surface area contributed by atoms with E-state index in [9.17, 15) is 9.90 Å². The van der Waals surface area contributed by atoms with Gasteiger partial charge in [0.15, 0.2) is 0 Å². The molecule has 84 valence electrons. The minimum atomic E-state index is -0.453. The molecular formula is C10H16N2O3. The second-order valence-corrected chi connectivity index (χ2v) is 3.68. The molecule has 0 spiro atoms. The van der Waals surface area contributed by atoms with Gasteiger partial charge in [0.25, 0.3) is 0 Å². The lowest BCUT2D eigenvalue weighted by molar-refractivity contribution is 0.0511. The van der Waals surface area contributed by atoms with Crippen LogP contribution in [0.1, 0.15) is 31.3 Å². The van der Waals surface area contributed by atoms with E-state index >= 15 is 0 Å². The standard InChI is InChI=1S/C10H16N2O3/c1-4-15-10(14)8-5-9(13)11-12(8)6-7(2)3/h5,7H,4,6H2,1-3H3,(H,11,13). The highest BCUT2D eigenvalue weighted by Gasteiger charge is 2.16. The van der Waals surface area contributed by atoms with E-state index < -0.39 is 5.97 Å². The lowest BCUT2D eigenvalue weighted by Crippen LogP contribution is -2.15. The summed E-state index contributed by atoms with van der Waals surface area (Å²) in [5.74, 6) is -0.262. The second kappa shape index (κ2) is 4.82. The normalized spacial score (nSPS) is 10.7. The van der Waals surface area contributed by atoms with Crippen molar-refractivity contribution < 1.29 is 14.6 Å². The fraction of sp³-hybridized carbons (Fsp3) is 0.600. The van der Waals surface area contributed by atoms with Gasteiger partial charge in [0.1, 0.15) is 5.69 Å². The van der Waals surface area contributed by atoms with Crippen molar-refractivity contribution in [2.45, 2.75) is 27.3 Å². The largest absolute Gasteiger partial charge is 0.492 e. The third-order valence-corrected chi connectivity index (χ3v) is 1.79. The minimum Gasteiger partial charge on any atom is -0.492 e. The van der Waals surface area contributed by atoms with E-state index in [4.69, 9.17) is 4.74 Å². The highest BCUT2D eigenvalue weighted by Crippen LogP contribution is 2.13. The van der Waals surface area contributed by atoms with Crippen molar-refractivity contribution in [2.24, 2.45) is 5.92 Å². The molecule has 0 amide bonds. The SMILES string of the molecule is CCOC(=O)c1cc(O)nn1CC(C)C. The van der Waals surface area contributed by atoms with E-state index in [1.807, 2.05) is 13.8 Å². The maximum Gasteiger partial charge on any atom is 0.356 e. The van der Waals surface area contributed by atoms with Crippen LogP contribution in [0, 0.1) is 5.92 Å². The Hall–Kier alpha value is -1.52. The topological polar surface area (TPSA) is 64.3 Å². The van der Waals surface area contributed by atoms with Crippen molar-refractivity contribution in [1.29, 1.82) is 0 Å². The van der Waals surface area contributed by atoms with Crippen LogP contribution >= 0.6 is 0 Å². The number of carbonyl (C=O) groups excluding carboxylic acids is 1. The first-order valence-electron chi connectivity index (χ1n) is 4.98. The Bertz CT molecular complexity index is 344. The summed E-state index contributed by atoms with van der Waals surface area (Å²) < 4.78 is 6.32. The first kappa shape index (κ1) is 11.6. The lowest BCUT2D eigenvalue weighted by atomic mass is 10.2. The van der Waals surface area contributed by atoms with Gasteiger partial charge in [0.05, 0.1) is 6.61 Å². The Morgan fingerprint density at radius 2 is 2.33 bits per heavy atom. The van der Waals surface area contributed by atoms with Crippen LogP contribution in [0.3, 0.4) is 0 Å². The number of nitrogens with zero attached hydrogens (tertiary/aromatic N) is 2. The zero-order valence-corrected chi connectivity index (χ0v) is 9.23. The van der Waals surface area contributed by atoms with Gasteiger partial charge >= 0.3 is 5.97 Å². The van der Waals surface area contributed by atoms with Crippen LogP contribution in [-0.2, 0) is 11.3 Å². The van der Waals surface area contributed by atoms with E-state index in [2.05, 4.69) is 5.10 Å². The monoisotopic (exact) mass is 212 g/mol. The summed E-state index contributed by atoms with van der Waals surface area (Å²) in [5, 5.41) is 13.0. The van der Waals surface area contributed by atoms with Gasteiger partial charge in [-0.1, -0.05) is 13.8 Å². The van der Waals surface area contributed by atoms with Crippen LogP contribution in [0.15, 0.2) is 6.07 Å². The molecule has 0 bridgehead atoms.